The van der Waals surface area contributed by atoms with E-state index >= 15 is 0 Å². The molecule has 2 aromatic carbocycles. The van der Waals surface area contributed by atoms with Gasteiger partial charge in [-0.3, -0.25) is 30.2 Å². The third-order valence-corrected chi connectivity index (χ3v) is 5.73. The lowest BCUT2D eigenvalue weighted by Crippen LogP contribution is -1.91. The van der Waals surface area contributed by atoms with Gasteiger partial charge in [-0.2, -0.15) is 0 Å². The minimum Gasteiger partial charge on any atom is -0.507 e. The van der Waals surface area contributed by atoms with Gasteiger partial charge in [-0.1, -0.05) is 51.4 Å². The van der Waals surface area contributed by atoms with E-state index < -0.39 is 9.85 Å². The number of benzene rings is 2. The fourth-order valence-electron chi connectivity index (χ4n) is 3.66. The maximum atomic E-state index is 10.8. The second-order valence-corrected chi connectivity index (χ2v) is 8.61. The van der Waals surface area contributed by atoms with Gasteiger partial charge >= 0.3 is 0 Å². The van der Waals surface area contributed by atoms with Crippen LogP contribution in [0.3, 0.4) is 0 Å². The van der Waals surface area contributed by atoms with Crippen LogP contribution in [0.2, 0.25) is 0 Å². The van der Waals surface area contributed by atoms with E-state index in [2.05, 4.69) is 9.98 Å². The molecule has 2 aromatic rings. The Hall–Kier alpha value is -3.82. The topological polar surface area (TPSA) is 151 Å². The molecule has 0 bridgehead atoms. The van der Waals surface area contributed by atoms with Gasteiger partial charge in [0.15, 0.2) is 0 Å². The quantitative estimate of drug-likeness (QED) is 0.112. The standard InChI is InChI=1S/C26H34N4O6/c31-25-13-11-23(29(33)34)17-21(25)19-27-15-9-7-5-3-1-2-4-6-8-10-16-28-20-22-18-24(30(35)36)12-14-26(22)32/h11-14,17-20,31-32H,1-10,15-16H2. The van der Waals surface area contributed by atoms with E-state index in [0.29, 0.717) is 24.2 Å². The molecule has 0 aliphatic carbocycles. The van der Waals surface area contributed by atoms with Gasteiger partial charge in [0.05, 0.1) is 9.85 Å². The Morgan fingerprint density at radius 3 is 1.28 bits per heavy atom. The number of hydrogen-bond donors (Lipinski definition) is 2. The predicted molar refractivity (Wildman–Crippen MR) is 141 cm³/mol. The highest BCUT2D eigenvalue weighted by Crippen LogP contribution is 2.22. The molecular weight excluding hydrogens is 464 g/mol. The van der Waals surface area contributed by atoms with Gasteiger partial charge in [-0.25, -0.2) is 0 Å². The Labute approximate surface area is 210 Å². The highest BCUT2D eigenvalue weighted by molar-refractivity contribution is 5.85. The molecule has 0 saturated carbocycles. The largest absolute Gasteiger partial charge is 0.507 e. The lowest BCUT2D eigenvalue weighted by molar-refractivity contribution is -0.385. The zero-order valence-corrected chi connectivity index (χ0v) is 20.4. The molecule has 2 rings (SSSR count). The van der Waals surface area contributed by atoms with Gasteiger partial charge in [-0.05, 0) is 25.0 Å². The number of aliphatic imine (C=N–C) groups is 2. The Balaban J connectivity index is 1.45. The number of hydrogen-bond acceptors (Lipinski definition) is 8. The molecule has 0 aliphatic heterocycles. The van der Waals surface area contributed by atoms with Crippen LogP contribution in [0, 0.1) is 20.2 Å². The Morgan fingerprint density at radius 1 is 0.611 bits per heavy atom. The second-order valence-electron chi connectivity index (χ2n) is 8.61. The minimum atomic E-state index is -0.496. The number of aromatic hydroxyl groups is 2. The number of phenolic OH excluding ortho intramolecular Hbond substituents is 2. The first kappa shape index (κ1) is 28.4. The monoisotopic (exact) mass is 498 g/mol. The minimum absolute atomic E-state index is 0.0159. The fraction of sp³-hybridized carbons (Fsp3) is 0.462. The number of unbranched alkanes of at least 4 members (excludes halogenated alkanes) is 9. The fourth-order valence-corrected chi connectivity index (χ4v) is 3.66. The van der Waals surface area contributed by atoms with Crippen molar-refractivity contribution in [3.05, 3.63) is 67.8 Å². The third kappa shape index (κ3) is 10.6. The zero-order chi connectivity index (χ0) is 26.2. The predicted octanol–water partition coefficient (Wildman–Crippen LogP) is 6.35. The summed E-state index contributed by atoms with van der Waals surface area (Å²) in [5.41, 5.74) is 0.583. The maximum Gasteiger partial charge on any atom is 0.270 e. The summed E-state index contributed by atoms with van der Waals surface area (Å²) in [4.78, 5) is 29.2. The first-order valence-corrected chi connectivity index (χ1v) is 12.3. The van der Waals surface area contributed by atoms with Crippen molar-refractivity contribution in [1.82, 2.24) is 0 Å². The number of nitrogens with zero attached hydrogens (tertiary/aromatic N) is 4. The van der Waals surface area contributed by atoms with Crippen molar-refractivity contribution >= 4 is 23.8 Å². The van der Waals surface area contributed by atoms with Gasteiger partial charge < -0.3 is 10.2 Å². The third-order valence-electron chi connectivity index (χ3n) is 5.73. The number of non-ortho nitro benzene ring substituents is 2. The van der Waals surface area contributed by atoms with Crippen LogP contribution in [0.25, 0.3) is 0 Å². The van der Waals surface area contributed by atoms with E-state index in [4.69, 9.17) is 0 Å². The molecule has 0 aliphatic rings. The SMILES string of the molecule is O=[N+]([O-])c1ccc(O)c(C=NCCCCCCCCCCCCN=Cc2cc([N+](=O)[O-])ccc2O)c1. The van der Waals surface area contributed by atoms with Gasteiger partial charge in [0.2, 0.25) is 0 Å². The van der Waals surface area contributed by atoms with E-state index in [1.54, 1.807) is 0 Å². The van der Waals surface area contributed by atoms with Crippen LogP contribution in [-0.4, -0.2) is 45.6 Å². The van der Waals surface area contributed by atoms with E-state index in [1.807, 2.05) is 0 Å². The molecule has 0 atom stereocenters. The summed E-state index contributed by atoms with van der Waals surface area (Å²) in [6.07, 6.45) is 14.1. The van der Waals surface area contributed by atoms with Crippen LogP contribution < -0.4 is 0 Å². The van der Waals surface area contributed by atoms with E-state index in [0.717, 1.165) is 38.5 Å². The number of rotatable bonds is 17. The molecule has 36 heavy (non-hydrogen) atoms. The van der Waals surface area contributed by atoms with E-state index in [1.165, 1.54) is 74.5 Å². The Kier molecular flexibility index (Phi) is 12.6. The maximum absolute atomic E-state index is 10.8. The van der Waals surface area contributed by atoms with Gasteiger partial charge in [0.1, 0.15) is 11.5 Å². The van der Waals surface area contributed by atoms with Crippen molar-refractivity contribution in [3.63, 3.8) is 0 Å². The van der Waals surface area contributed by atoms with E-state index in [9.17, 15) is 30.4 Å². The van der Waals surface area contributed by atoms with Crippen molar-refractivity contribution in [3.8, 4) is 11.5 Å². The van der Waals surface area contributed by atoms with Crippen molar-refractivity contribution in [2.24, 2.45) is 9.98 Å². The summed E-state index contributed by atoms with van der Waals surface area (Å²) in [5, 5.41) is 41.1. The summed E-state index contributed by atoms with van der Waals surface area (Å²) >= 11 is 0. The molecule has 2 N–H and O–H groups in total. The number of nitro benzene ring substituents is 2. The second kappa shape index (κ2) is 16.0. The lowest BCUT2D eigenvalue weighted by atomic mass is 10.1. The van der Waals surface area contributed by atoms with Crippen molar-refractivity contribution in [2.75, 3.05) is 13.1 Å². The molecule has 0 heterocycles. The molecule has 0 aromatic heterocycles. The number of phenols is 2. The summed E-state index contributed by atoms with van der Waals surface area (Å²) in [6.45, 7) is 1.26. The summed E-state index contributed by atoms with van der Waals surface area (Å²) < 4.78 is 0. The molecule has 194 valence electrons. The van der Waals surface area contributed by atoms with Crippen LogP contribution in [-0.2, 0) is 0 Å². The molecule has 0 saturated heterocycles. The first-order chi connectivity index (χ1) is 17.4. The van der Waals surface area contributed by atoms with E-state index in [-0.39, 0.29) is 22.9 Å². The highest BCUT2D eigenvalue weighted by Gasteiger charge is 2.09. The van der Waals surface area contributed by atoms with Gasteiger partial charge in [-0.15, -0.1) is 0 Å². The molecular formula is C26H34N4O6. The lowest BCUT2D eigenvalue weighted by Gasteiger charge is -2.02. The molecule has 0 spiro atoms. The van der Waals surface area contributed by atoms with Crippen LogP contribution in [0.4, 0.5) is 11.4 Å². The number of nitro groups is 2. The smallest absolute Gasteiger partial charge is 0.270 e. The summed E-state index contributed by atoms with van der Waals surface area (Å²) in [7, 11) is 0. The van der Waals surface area contributed by atoms with Crippen LogP contribution >= 0.6 is 0 Å². The molecule has 10 heteroatoms. The van der Waals surface area contributed by atoms with Crippen molar-refractivity contribution in [1.29, 1.82) is 0 Å². The zero-order valence-electron chi connectivity index (χ0n) is 20.4. The summed E-state index contributed by atoms with van der Waals surface area (Å²) in [5.74, 6) is -0.0318. The van der Waals surface area contributed by atoms with Crippen LogP contribution in [0.15, 0.2) is 46.4 Å². The Bertz CT molecular complexity index is 971. The molecule has 0 fully saturated rings. The normalized spacial score (nSPS) is 11.4. The summed E-state index contributed by atoms with van der Waals surface area (Å²) in [6, 6.07) is 7.78. The molecule has 0 radical (unpaired) electrons. The van der Waals surface area contributed by atoms with Crippen molar-refractivity contribution in [2.45, 2.75) is 64.2 Å². The molecule has 10 nitrogen and oxygen atoms in total. The van der Waals surface area contributed by atoms with Crippen LogP contribution in [0.1, 0.15) is 75.3 Å². The molecule has 0 amide bonds. The highest BCUT2D eigenvalue weighted by atomic mass is 16.6. The average Bonchev–Trinajstić information content (AvgIpc) is 2.85. The van der Waals surface area contributed by atoms with Gasteiger partial charge in [0.25, 0.3) is 11.4 Å². The van der Waals surface area contributed by atoms with Gasteiger partial charge in [0, 0.05) is 60.9 Å². The molecule has 0 unspecified atom stereocenters. The van der Waals surface area contributed by atoms with Crippen LogP contribution in [0.5, 0.6) is 11.5 Å². The average molecular weight is 499 g/mol. The first-order valence-electron chi connectivity index (χ1n) is 12.3. The van der Waals surface area contributed by atoms with Crippen molar-refractivity contribution < 1.29 is 20.1 Å². The Morgan fingerprint density at radius 2 is 0.944 bits per heavy atom.